The number of hydrogen-bond acceptors (Lipinski definition) is 4. The molecule has 94 valence electrons. The minimum absolute atomic E-state index is 0.120. The normalized spacial score (nSPS) is 19.8. The fraction of sp³-hybridized carbons (Fsp3) is 0.300. The lowest BCUT2D eigenvalue weighted by Crippen LogP contribution is -2.31. The number of anilines is 1. The highest BCUT2D eigenvalue weighted by molar-refractivity contribution is 5.95. The van der Waals surface area contributed by atoms with E-state index >= 15 is 0 Å². The highest BCUT2D eigenvalue weighted by atomic mass is 19.4. The van der Waals surface area contributed by atoms with E-state index in [0.29, 0.717) is 5.69 Å². The predicted molar refractivity (Wildman–Crippen MR) is 53.2 cm³/mol. The molecule has 0 saturated heterocycles. The second kappa shape index (κ2) is 3.21. The van der Waals surface area contributed by atoms with E-state index in [2.05, 4.69) is 15.5 Å². The number of carbonyl (C=O) groups is 1. The van der Waals surface area contributed by atoms with Crippen molar-refractivity contribution in [3.63, 3.8) is 0 Å². The number of hydrogen-bond donors (Lipinski definition) is 1. The van der Waals surface area contributed by atoms with Crippen molar-refractivity contribution >= 4 is 11.6 Å². The van der Waals surface area contributed by atoms with Crippen LogP contribution >= 0.6 is 0 Å². The van der Waals surface area contributed by atoms with Crippen molar-refractivity contribution in [3.8, 4) is 5.75 Å². The molecule has 2 aliphatic rings. The number of nitrogens with zero attached hydrogens (tertiary/aromatic N) is 2. The first-order valence-corrected chi connectivity index (χ1v) is 5.00. The number of benzene rings is 1. The topological polar surface area (TPSA) is 63.0 Å². The first kappa shape index (κ1) is 11.0. The Morgan fingerprint density at radius 2 is 2.06 bits per heavy atom. The third kappa shape index (κ3) is 1.45. The molecule has 1 amide bonds. The highest BCUT2D eigenvalue weighted by Crippen LogP contribution is 2.53. The molecule has 0 atom stereocenters. The number of amides is 1. The third-order valence-corrected chi connectivity index (χ3v) is 2.71. The number of carbonyl (C=O) groups excluding carboxylic acids is 1. The lowest BCUT2D eigenvalue weighted by molar-refractivity contribution is -0.166. The van der Waals surface area contributed by atoms with Crippen molar-refractivity contribution in [3.05, 3.63) is 23.8 Å². The van der Waals surface area contributed by atoms with Gasteiger partial charge in [-0.2, -0.15) is 13.2 Å². The summed E-state index contributed by atoms with van der Waals surface area (Å²) in [6, 6.07) is 3.77. The number of ether oxygens (including phenoxy) is 1. The van der Waals surface area contributed by atoms with E-state index < -0.39 is 11.8 Å². The molecule has 1 aromatic rings. The fourth-order valence-corrected chi connectivity index (χ4v) is 1.73. The smallest absolute Gasteiger partial charge is 0.442 e. The number of fused-ring (bicyclic) bond motifs is 1. The Balaban J connectivity index is 1.99. The van der Waals surface area contributed by atoms with Crippen LogP contribution in [-0.4, -0.2) is 18.7 Å². The maximum absolute atomic E-state index is 12.8. The maximum atomic E-state index is 12.8. The molecule has 18 heavy (non-hydrogen) atoms. The van der Waals surface area contributed by atoms with Gasteiger partial charge in [-0.05, 0) is 12.1 Å². The predicted octanol–water partition coefficient (Wildman–Crippen LogP) is 2.20. The zero-order chi connectivity index (χ0) is 13.0. The summed E-state index contributed by atoms with van der Waals surface area (Å²) in [5, 5.41) is 8.68. The van der Waals surface area contributed by atoms with Gasteiger partial charge >= 0.3 is 11.8 Å². The van der Waals surface area contributed by atoms with Crippen molar-refractivity contribution in [2.24, 2.45) is 10.2 Å². The molecule has 1 N–H and O–H groups in total. The maximum Gasteiger partial charge on any atom is 0.442 e. The molecule has 0 aromatic heterocycles. The summed E-state index contributed by atoms with van der Waals surface area (Å²) < 4.78 is 43.4. The monoisotopic (exact) mass is 257 g/mol. The van der Waals surface area contributed by atoms with Gasteiger partial charge in [0, 0.05) is 5.56 Å². The Kier molecular flexibility index (Phi) is 1.96. The second-order valence-electron chi connectivity index (χ2n) is 3.92. The molecule has 0 unspecified atom stereocenters. The fourth-order valence-electron chi connectivity index (χ4n) is 1.73. The lowest BCUT2D eigenvalue weighted by Gasteiger charge is -2.20. The zero-order valence-electron chi connectivity index (χ0n) is 8.78. The molecule has 1 aromatic carbocycles. The molecule has 8 heteroatoms. The summed E-state index contributed by atoms with van der Waals surface area (Å²) in [7, 11) is 0. The molecule has 5 nitrogen and oxygen atoms in total. The summed E-state index contributed by atoms with van der Waals surface area (Å²) in [4.78, 5) is 11.0. The van der Waals surface area contributed by atoms with Crippen molar-refractivity contribution in [1.29, 1.82) is 0 Å². The van der Waals surface area contributed by atoms with Crippen LogP contribution in [0.4, 0.5) is 18.9 Å². The Bertz CT molecular complexity index is 562. The molecule has 0 aliphatic carbocycles. The van der Waals surface area contributed by atoms with E-state index in [1.807, 2.05) is 0 Å². The van der Waals surface area contributed by atoms with Crippen LogP contribution in [0.2, 0.25) is 0 Å². The van der Waals surface area contributed by atoms with Crippen molar-refractivity contribution in [2.45, 2.75) is 11.8 Å². The summed E-state index contributed by atoms with van der Waals surface area (Å²) >= 11 is 0. The highest BCUT2D eigenvalue weighted by Gasteiger charge is 2.65. The molecule has 0 saturated carbocycles. The van der Waals surface area contributed by atoms with Crippen LogP contribution in [0.3, 0.4) is 0 Å². The first-order chi connectivity index (χ1) is 8.42. The molecule has 0 spiro atoms. The van der Waals surface area contributed by atoms with Gasteiger partial charge in [0.15, 0.2) is 6.61 Å². The van der Waals surface area contributed by atoms with E-state index in [0.717, 1.165) is 0 Å². The molecule has 0 radical (unpaired) electrons. The first-order valence-electron chi connectivity index (χ1n) is 5.00. The summed E-state index contributed by atoms with van der Waals surface area (Å²) in [5.41, 5.74) is -2.25. The largest absolute Gasteiger partial charge is 0.482 e. The zero-order valence-corrected chi connectivity index (χ0v) is 8.78. The van der Waals surface area contributed by atoms with E-state index in [1.54, 1.807) is 0 Å². The van der Waals surface area contributed by atoms with E-state index in [9.17, 15) is 18.0 Å². The SMILES string of the molecule is O=C1COc2cc(C3(C(F)(F)F)N=N3)ccc2N1. The van der Waals surface area contributed by atoms with Crippen LogP contribution in [0.1, 0.15) is 5.56 Å². The number of alkyl halides is 3. The van der Waals surface area contributed by atoms with Gasteiger partial charge in [0.1, 0.15) is 5.75 Å². The second-order valence-corrected chi connectivity index (χ2v) is 3.92. The molecular formula is C10H6F3N3O2. The lowest BCUT2D eigenvalue weighted by atomic mass is 10.0. The summed E-state index contributed by atoms with van der Waals surface area (Å²) in [6.45, 7) is -0.218. The molecule has 0 bridgehead atoms. The van der Waals surface area contributed by atoms with Crippen LogP contribution in [0, 0.1) is 0 Å². The standard InChI is InChI=1S/C10H6F3N3O2/c11-10(12,13)9(15-16-9)5-1-2-6-7(3-5)18-4-8(17)14-6/h1-3H,4H2,(H,14,17). The quantitative estimate of drug-likeness (QED) is 0.838. The Labute approximate surface area is 98.6 Å². The van der Waals surface area contributed by atoms with E-state index in [1.165, 1.54) is 18.2 Å². The van der Waals surface area contributed by atoms with Gasteiger partial charge in [-0.15, -0.1) is 10.2 Å². The molecule has 2 aliphatic heterocycles. The van der Waals surface area contributed by atoms with Crippen LogP contribution < -0.4 is 10.1 Å². The van der Waals surface area contributed by atoms with Gasteiger partial charge in [-0.25, -0.2) is 0 Å². The van der Waals surface area contributed by atoms with Gasteiger partial charge in [0.25, 0.3) is 5.91 Å². The Morgan fingerprint density at radius 1 is 1.33 bits per heavy atom. The van der Waals surface area contributed by atoms with Crippen LogP contribution in [0.25, 0.3) is 0 Å². The number of nitrogens with one attached hydrogen (secondary N) is 1. The molecule has 2 heterocycles. The Morgan fingerprint density at radius 3 is 2.67 bits per heavy atom. The van der Waals surface area contributed by atoms with E-state index in [-0.39, 0.29) is 23.8 Å². The van der Waals surface area contributed by atoms with Crippen LogP contribution in [0.15, 0.2) is 28.4 Å². The molecule has 3 rings (SSSR count). The van der Waals surface area contributed by atoms with Crippen LogP contribution in [-0.2, 0) is 10.5 Å². The van der Waals surface area contributed by atoms with Crippen molar-refractivity contribution < 1.29 is 22.7 Å². The molecule has 0 fully saturated rings. The average Bonchev–Trinajstić information content (AvgIpc) is 3.08. The minimum Gasteiger partial charge on any atom is -0.482 e. The summed E-state index contributed by atoms with van der Waals surface area (Å²) in [5.74, 6) is -0.158. The average molecular weight is 257 g/mol. The van der Waals surface area contributed by atoms with Crippen molar-refractivity contribution in [2.75, 3.05) is 11.9 Å². The summed E-state index contributed by atoms with van der Waals surface area (Å²) in [6.07, 6.45) is -4.57. The van der Waals surface area contributed by atoms with Crippen LogP contribution in [0.5, 0.6) is 5.75 Å². The number of halogens is 3. The van der Waals surface area contributed by atoms with Gasteiger partial charge < -0.3 is 10.1 Å². The number of rotatable bonds is 1. The molecular weight excluding hydrogens is 251 g/mol. The van der Waals surface area contributed by atoms with Gasteiger partial charge in [-0.1, -0.05) is 6.07 Å². The van der Waals surface area contributed by atoms with Gasteiger partial charge in [-0.3, -0.25) is 4.79 Å². The Hall–Kier alpha value is -2.12. The van der Waals surface area contributed by atoms with E-state index in [4.69, 9.17) is 4.74 Å². The van der Waals surface area contributed by atoms with Crippen molar-refractivity contribution in [1.82, 2.24) is 0 Å². The minimum atomic E-state index is -4.57. The third-order valence-electron chi connectivity index (χ3n) is 2.71. The van der Waals surface area contributed by atoms with Gasteiger partial charge in [0.05, 0.1) is 5.69 Å². The van der Waals surface area contributed by atoms with Gasteiger partial charge in [0.2, 0.25) is 0 Å².